The van der Waals surface area contributed by atoms with Gasteiger partial charge in [0.05, 0.1) is 17.8 Å². The maximum atomic E-state index is 9.86. The SMILES string of the molecule is CCc1ccc2[nH]c3nc(NN=Cc4cc(Br)c(O)c(OC)c4)nnc3c2c1. The maximum Gasteiger partial charge on any atom is 0.265 e. The van der Waals surface area contributed by atoms with Crippen molar-refractivity contribution in [3.8, 4) is 11.5 Å². The van der Waals surface area contributed by atoms with Crippen LogP contribution in [0.15, 0.2) is 39.9 Å². The molecule has 0 bridgehead atoms. The number of anilines is 1. The Morgan fingerprint density at radius 1 is 1.29 bits per heavy atom. The fraction of sp³-hybridized carbons (Fsp3) is 0.158. The predicted molar refractivity (Wildman–Crippen MR) is 112 cm³/mol. The molecule has 4 rings (SSSR count). The summed E-state index contributed by atoms with van der Waals surface area (Å²) in [5.41, 5.74) is 7.07. The van der Waals surface area contributed by atoms with Gasteiger partial charge in [-0.05, 0) is 57.7 Å². The molecule has 0 aliphatic carbocycles. The summed E-state index contributed by atoms with van der Waals surface area (Å²) >= 11 is 3.28. The first-order valence-corrected chi connectivity index (χ1v) is 9.39. The molecule has 0 amide bonds. The molecule has 2 heterocycles. The zero-order chi connectivity index (χ0) is 19.7. The highest BCUT2D eigenvalue weighted by Gasteiger charge is 2.10. The summed E-state index contributed by atoms with van der Waals surface area (Å²) in [5, 5.41) is 23.4. The average molecular weight is 441 g/mol. The summed E-state index contributed by atoms with van der Waals surface area (Å²) in [5.74, 6) is 0.658. The van der Waals surface area contributed by atoms with Crippen LogP contribution in [-0.4, -0.2) is 38.6 Å². The number of H-pyrrole nitrogens is 1. The zero-order valence-electron chi connectivity index (χ0n) is 15.2. The second-order valence-electron chi connectivity index (χ2n) is 6.11. The highest BCUT2D eigenvalue weighted by molar-refractivity contribution is 9.10. The Bertz CT molecular complexity index is 1200. The molecular weight excluding hydrogens is 424 g/mol. The molecule has 0 unspecified atom stereocenters. The third kappa shape index (κ3) is 3.36. The molecule has 3 N–H and O–H groups in total. The van der Waals surface area contributed by atoms with Crippen LogP contribution in [0, 0.1) is 0 Å². The van der Waals surface area contributed by atoms with E-state index in [-0.39, 0.29) is 11.7 Å². The fourth-order valence-electron chi connectivity index (χ4n) is 2.87. The number of fused-ring (bicyclic) bond motifs is 3. The molecule has 4 aromatic rings. The first kappa shape index (κ1) is 18.2. The van der Waals surface area contributed by atoms with Gasteiger partial charge in [-0.1, -0.05) is 13.0 Å². The van der Waals surface area contributed by atoms with Crippen molar-refractivity contribution in [2.45, 2.75) is 13.3 Å². The Kier molecular flexibility index (Phi) is 4.82. The molecule has 0 radical (unpaired) electrons. The lowest BCUT2D eigenvalue weighted by molar-refractivity contribution is 0.372. The van der Waals surface area contributed by atoms with Gasteiger partial charge in [-0.2, -0.15) is 10.1 Å². The minimum atomic E-state index is 0.0376. The van der Waals surface area contributed by atoms with Crippen LogP contribution < -0.4 is 10.2 Å². The van der Waals surface area contributed by atoms with E-state index in [1.807, 2.05) is 6.07 Å². The Hall–Kier alpha value is -3.20. The first-order chi connectivity index (χ1) is 13.6. The smallest absolute Gasteiger partial charge is 0.265 e. The molecule has 0 spiro atoms. The van der Waals surface area contributed by atoms with Gasteiger partial charge in [0.2, 0.25) is 0 Å². The molecule has 2 aromatic heterocycles. The highest BCUT2D eigenvalue weighted by atomic mass is 79.9. The molecule has 2 aromatic carbocycles. The minimum absolute atomic E-state index is 0.0376. The Morgan fingerprint density at radius 3 is 2.93 bits per heavy atom. The van der Waals surface area contributed by atoms with E-state index < -0.39 is 0 Å². The standard InChI is InChI=1S/C19H17BrN6O2/c1-3-10-4-5-14-12(6-10)16-18(22-14)23-19(26-24-16)25-21-9-11-7-13(20)17(27)15(8-11)28-2/h4-9,27H,3H2,1-2H3,(H2,22,23,25,26). The molecule has 142 valence electrons. The number of halogens is 1. The third-order valence-corrected chi connectivity index (χ3v) is 4.94. The summed E-state index contributed by atoms with van der Waals surface area (Å²) in [4.78, 5) is 7.69. The molecule has 8 nitrogen and oxygen atoms in total. The quantitative estimate of drug-likeness (QED) is 0.319. The number of phenols is 1. The fourth-order valence-corrected chi connectivity index (χ4v) is 3.33. The first-order valence-electron chi connectivity index (χ1n) is 8.59. The van der Waals surface area contributed by atoms with Crippen molar-refractivity contribution in [3.05, 3.63) is 45.9 Å². The summed E-state index contributed by atoms with van der Waals surface area (Å²) in [6.07, 6.45) is 2.52. The number of benzene rings is 2. The number of nitrogens with one attached hydrogen (secondary N) is 2. The van der Waals surface area contributed by atoms with Gasteiger partial charge in [-0.25, -0.2) is 5.43 Å². The van der Waals surface area contributed by atoms with E-state index in [0.717, 1.165) is 28.4 Å². The van der Waals surface area contributed by atoms with E-state index >= 15 is 0 Å². The van der Waals surface area contributed by atoms with Crippen molar-refractivity contribution >= 4 is 50.2 Å². The number of aromatic amines is 1. The monoisotopic (exact) mass is 440 g/mol. The van der Waals surface area contributed by atoms with E-state index in [1.165, 1.54) is 12.7 Å². The number of hydrazone groups is 1. The van der Waals surface area contributed by atoms with E-state index in [2.05, 4.69) is 65.7 Å². The second kappa shape index (κ2) is 7.43. The Morgan fingerprint density at radius 2 is 2.14 bits per heavy atom. The summed E-state index contributed by atoms with van der Waals surface area (Å²) in [6.45, 7) is 2.11. The number of aromatic nitrogens is 4. The van der Waals surface area contributed by atoms with Crippen LogP contribution in [0.5, 0.6) is 11.5 Å². The summed E-state index contributed by atoms with van der Waals surface area (Å²) in [6, 6.07) is 9.59. The van der Waals surface area contributed by atoms with Gasteiger partial charge in [-0.15, -0.1) is 10.2 Å². The normalized spacial score (nSPS) is 11.5. The Labute approximate surface area is 168 Å². The molecule has 0 saturated heterocycles. The number of methoxy groups -OCH3 is 1. The molecular formula is C19H17BrN6O2. The maximum absolute atomic E-state index is 9.86. The summed E-state index contributed by atoms with van der Waals surface area (Å²) in [7, 11) is 1.49. The molecule has 0 atom stereocenters. The van der Waals surface area contributed by atoms with Gasteiger partial charge < -0.3 is 14.8 Å². The third-order valence-electron chi connectivity index (χ3n) is 4.34. The van der Waals surface area contributed by atoms with E-state index in [1.54, 1.807) is 18.3 Å². The van der Waals surface area contributed by atoms with Crippen LogP contribution in [0.25, 0.3) is 22.1 Å². The molecule has 0 fully saturated rings. The molecule has 0 aliphatic heterocycles. The largest absolute Gasteiger partial charge is 0.503 e. The minimum Gasteiger partial charge on any atom is -0.503 e. The van der Waals surface area contributed by atoms with E-state index in [4.69, 9.17) is 4.74 Å². The predicted octanol–water partition coefficient (Wildman–Crippen LogP) is 3.99. The van der Waals surface area contributed by atoms with Crippen LogP contribution in [0.2, 0.25) is 0 Å². The molecule has 0 aliphatic rings. The number of aryl methyl sites for hydroxylation is 1. The topological polar surface area (TPSA) is 108 Å². The van der Waals surface area contributed by atoms with Gasteiger partial charge in [0, 0.05) is 10.9 Å². The molecule has 28 heavy (non-hydrogen) atoms. The van der Waals surface area contributed by atoms with Crippen molar-refractivity contribution in [2.75, 3.05) is 12.5 Å². The number of aromatic hydroxyl groups is 1. The van der Waals surface area contributed by atoms with Crippen molar-refractivity contribution < 1.29 is 9.84 Å². The number of ether oxygens (including phenoxy) is 1. The van der Waals surface area contributed by atoms with Crippen molar-refractivity contribution in [1.82, 2.24) is 20.2 Å². The molecule has 0 saturated carbocycles. The van der Waals surface area contributed by atoms with Crippen molar-refractivity contribution in [1.29, 1.82) is 0 Å². The average Bonchev–Trinajstić information content (AvgIpc) is 3.07. The van der Waals surface area contributed by atoms with Crippen LogP contribution >= 0.6 is 15.9 Å². The zero-order valence-corrected chi connectivity index (χ0v) is 16.8. The lowest BCUT2D eigenvalue weighted by Crippen LogP contribution is -1.99. The number of phenolic OH excluding ortho intramolecular Hbond substituents is 1. The lowest BCUT2D eigenvalue weighted by Gasteiger charge is -2.06. The van der Waals surface area contributed by atoms with Crippen molar-refractivity contribution in [2.24, 2.45) is 5.10 Å². The number of rotatable bonds is 5. The van der Waals surface area contributed by atoms with Crippen LogP contribution in [0.1, 0.15) is 18.1 Å². The highest BCUT2D eigenvalue weighted by Crippen LogP contribution is 2.34. The Balaban J connectivity index is 1.59. The van der Waals surface area contributed by atoms with Crippen LogP contribution in [0.3, 0.4) is 0 Å². The van der Waals surface area contributed by atoms with Gasteiger partial charge in [0.1, 0.15) is 5.52 Å². The molecule has 9 heteroatoms. The van der Waals surface area contributed by atoms with Gasteiger partial charge in [-0.3, -0.25) is 0 Å². The van der Waals surface area contributed by atoms with Crippen molar-refractivity contribution in [3.63, 3.8) is 0 Å². The van der Waals surface area contributed by atoms with Gasteiger partial charge in [0.15, 0.2) is 17.1 Å². The van der Waals surface area contributed by atoms with Crippen LogP contribution in [0.4, 0.5) is 5.95 Å². The van der Waals surface area contributed by atoms with Gasteiger partial charge in [0.25, 0.3) is 5.95 Å². The number of nitrogens with zero attached hydrogens (tertiary/aromatic N) is 4. The van der Waals surface area contributed by atoms with E-state index in [9.17, 15) is 5.11 Å². The van der Waals surface area contributed by atoms with Crippen LogP contribution in [-0.2, 0) is 6.42 Å². The number of hydrogen-bond acceptors (Lipinski definition) is 7. The second-order valence-corrected chi connectivity index (χ2v) is 6.97. The van der Waals surface area contributed by atoms with Gasteiger partial charge >= 0.3 is 0 Å². The summed E-state index contributed by atoms with van der Waals surface area (Å²) < 4.78 is 5.63. The lowest BCUT2D eigenvalue weighted by atomic mass is 10.1. The van der Waals surface area contributed by atoms with E-state index in [0.29, 0.717) is 15.9 Å². The number of hydrogen-bond donors (Lipinski definition) is 3.